The smallest absolute Gasteiger partial charge is 0.292 e. The standard InChI is InChI=1S/C16H21NO2/c1-11-7-9-13(10-8-11)15(18)16(19)17-14-6-4-3-5-12(14)2/h7-10,12,14H,3-6H2,1-2H3,(H,17,19). The van der Waals surface area contributed by atoms with Crippen molar-refractivity contribution in [2.45, 2.75) is 45.6 Å². The van der Waals surface area contributed by atoms with Gasteiger partial charge < -0.3 is 5.32 Å². The molecule has 0 heterocycles. The Labute approximate surface area is 114 Å². The van der Waals surface area contributed by atoms with E-state index in [1.807, 2.05) is 19.1 Å². The highest BCUT2D eigenvalue weighted by atomic mass is 16.2. The van der Waals surface area contributed by atoms with E-state index in [0.29, 0.717) is 11.5 Å². The Bertz CT molecular complexity index is 464. The zero-order valence-corrected chi connectivity index (χ0v) is 11.6. The van der Waals surface area contributed by atoms with Crippen molar-refractivity contribution >= 4 is 11.7 Å². The molecule has 19 heavy (non-hydrogen) atoms. The average molecular weight is 259 g/mol. The fourth-order valence-electron chi connectivity index (χ4n) is 2.60. The van der Waals surface area contributed by atoms with Crippen molar-refractivity contribution in [3.05, 3.63) is 35.4 Å². The number of amides is 1. The third-order valence-electron chi connectivity index (χ3n) is 3.95. The minimum Gasteiger partial charge on any atom is -0.346 e. The van der Waals surface area contributed by atoms with Crippen LogP contribution >= 0.6 is 0 Å². The van der Waals surface area contributed by atoms with Gasteiger partial charge in [0.15, 0.2) is 0 Å². The number of aryl methyl sites for hydroxylation is 1. The summed E-state index contributed by atoms with van der Waals surface area (Å²) in [6.45, 7) is 4.10. The second-order valence-electron chi connectivity index (χ2n) is 5.54. The van der Waals surface area contributed by atoms with Gasteiger partial charge in [-0.2, -0.15) is 0 Å². The van der Waals surface area contributed by atoms with Gasteiger partial charge in [0.2, 0.25) is 5.78 Å². The minimum absolute atomic E-state index is 0.149. The molecule has 0 aromatic heterocycles. The molecule has 1 aromatic rings. The van der Waals surface area contributed by atoms with E-state index >= 15 is 0 Å². The van der Waals surface area contributed by atoms with E-state index in [9.17, 15) is 9.59 Å². The number of carbonyl (C=O) groups excluding carboxylic acids is 2. The lowest BCUT2D eigenvalue weighted by molar-refractivity contribution is -0.118. The lowest BCUT2D eigenvalue weighted by atomic mass is 9.86. The van der Waals surface area contributed by atoms with Crippen LogP contribution in [0.25, 0.3) is 0 Å². The van der Waals surface area contributed by atoms with Gasteiger partial charge in [0.05, 0.1) is 0 Å². The number of Topliss-reactive ketones (excluding diaryl/α,β-unsaturated/α-hetero) is 1. The van der Waals surface area contributed by atoms with Crippen LogP contribution in [0.5, 0.6) is 0 Å². The van der Waals surface area contributed by atoms with Crippen LogP contribution < -0.4 is 5.32 Å². The van der Waals surface area contributed by atoms with E-state index in [0.717, 1.165) is 24.8 Å². The first-order chi connectivity index (χ1) is 9.08. The second kappa shape index (κ2) is 6.00. The number of hydrogen-bond donors (Lipinski definition) is 1. The minimum atomic E-state index is -0.470. The molecular formula is C16H21NO2. The van der Waals surface area contributed by atoms with E-state index in [2.05, 4.69) is 12.2 Å². The van der Waals surface area contributed by atoms with Gasteiger partial charge in [-0.3, -0.25) is 9.59 Å². The number of nitrogens with one attached hydrogen (secondary N) is 1. The Morgan fingerprint density at radius 2 is 1.74 bits per heavy atom. The molecule has 1 amide bonds. The molecule has 2 rings (SSSR count). The fraction of sp³-hybridized carbons (Fsp3) is 0.500. The van der Waals surface area contributed by atoms with Crippen molar-refractivity contribution < 1.29 is 9.59 Å². The van der Waals surface area contributed by atoms with Gasteiger partial charge in [-0.15, -0.1) is 0 Å². The maximum atomic E-state index is 12.0. The molecule has 3 nitrogen and oxygen atoms in total. The molecule has 2 unspecified atom stereocenters. The molecule has 0 spiro atoms. The molecule has 0 saturated heterocycles. The summed E-state index contributed by atoms with van der Waals surface area (Å²) >= 11 is 0. The van der Waals surface area contributed by atoms with E-state index in [1.165, 1.54) is 6.42 Å². The third-order valence-corrected chi connectivity index (χ3v) is 3.95. The van der Waals surface area contributed by atoms with E-state index in [4.69, 9.17) is 0 Å². The van der Waals surface area contributed by atoms with E-state index < -0.39 is 11.7 Å². The molecule has 0 radical (unpaired) electrons. The van der Waals surface area contributed by atoms with Crippen molar-refractivity contribution in [1.29, 1.82) is 0 Å². The monoisotopic (exact) mass is 259 g/mol. The van der Waals surface area contributed by atoms with Crippen LogP contribution in [0.15, 0.2) is 24.3 Å². The molecule has 1 aliphatic rings. The molecule has 2 atom stereocenters. The highest BCUT2D eigenvalue weighted by Crippen LogP contribution is 2.23. The normalized spacial score (nSPS) is 22.8. The Morgan fingerprint density at radius 3 is 2.37 bits per heavy atom. The second-order valence-corrected chi connectivity index (χ2v) is 5.54. The van der Waals surface area contributed by atoms with E-state index in [-0.39, 0.29) is 6.04 Å². The lowest BCUT2D eigenvalue weighted by Gasteiger charge is -2.29. The summed E-state index contributed by atoms with van der Waals surface area (Å²) in [5.41, 5.74) is 1.55. The number of carbonyl (C=O) groups is 2. The van der Waals surface area contributed by atoms with Crippen LogP contribution in [-0.4, -0.2) is 17.7 Å². The first kappa shape index (κ1) is 13.8. The summed E-state index contributed by atoms with van der Waals surface area (Å²) in [5.74, 6) is -0.441. The van der Waals surface area contributed by atoms with Gasteiger partial charge >= 0.3 is 0 Å². The summed E-state index contributed by atoms with van der Waals surface area (Å²) in [5, 5.41) is 2.89. The van der Waals surface area contributed by atoms with Gasteiger partial charge in [-0.25, -0.2) is 0 Å². The number of ketones is 1. The van der Waals surface area contributed by atoms with Crippen molar-refractivity contribution in [3.63, 3.8) is 0 Å². The number of hydrogen-bond acceptors (Lipinski definition) is 2. The SMILES string of the molecule is Cc1ccc(C(=O)C(=O)NC2CCCCC2C)cc1. The van der Waals surface area contributed by atoms with Gasteiger partial charge in [-0.05, 0) is 25.7 Å². The van der Waals surface area contributed by atoms with Gasteiger partial charge in [0.1, 0.15) is 0 Å². The summed E-state index contributed by atoms with van der Waals surface area (Å²) < 4.78 is 0. The van der Waals surface area contributed by atoms with Crippen LogP contribution in [0.3, 0.4) is 0 Å². The van der Waals surface area contributed by atoms with Crippen LogP contribution in [0.1, 0.15) is 48.5 Å². The molecule has 3 heteroatoms. The maximum absolute atomic E-state index is 12.0. The number of rotatable bonds is 3. The summed E-state index contributed by atoms with van der Waals surface area (Å²) in [4.78, 5) is 24.0. The highest BCUT2D eigenvalue weighted by Gasteiger charge is 2.25. The molecule has 1 saturated carbocycles. The quantitative estimate of drug-likeness (QED) is 0.670. The Kier molecular flexibility index (Phi) is 4.35. The van der Waals surface area contributed by atoms with Crippen molar-refractivity contribution in [3.8, 4) is 0 Å². The summed E-state index contributed by atoms with van der Waals surface area (Å²) in [6, 6.07) is 7.27. The highest BCUT2D eigenvalue weighted by molar-refractivity contribution is 6.42. The van der Waals surface area contributed by atoms with Gasteiger partial charge in [-0.1, -0.05) is 49.6 Å². The fourth-order valence-corrected chi connectivity index (χ4v) is 2.60. The molecule has 1 fully saturated rings. The average Bonchev–Trinajstić information content (AvgIpc) is 2.41. The van der Waals surface area contributed by atoms with Crippen LogP contribution in [0.2, 0.25) is 0 Å². The molecule has 0 aliphatic heterocycles. The van der Waals surface area contributed by atoms with Crippen molar-refractivity contribution in [2.75, 3.05) is 0 Å². The van der Waals surface area contributed by atoms with Gasteiger partial charge in [0, 0.05) is 11.6 Å². The first-order valence-electron chi connectivity index (χ1n) is 7.00. The molecule has 1 aliphatic carbocycles. The molecule has 0 bridgehead atoms. The van der Waals surface area contributed by atoms with Gasteiger partial charge in [0.25, 0.3) is 5.91 Å². The predicted octanol–water partition coefficient (Wildman–Crippen LogP) is 2.87. The van der Waals surface area contributed by atoms with E-state index in [1.54, 1.807) is 12.1 Å². The molecule has 1 aromatic carbocycles. The van der Waals surface area contributed by atoms with Crippen LogP contribution in [-0.2, 0) is 4.79 Å². The van der Waals surface area contributed by atoms with Crippen LogP contribution in [0.4, 0.5) is 0 Å². The Balaban J connectivity index is 1.99. The predicted molar refractivity (Wildman–Crippen MR) is 75.1 cm³/mol. The molecule has 1 N–H and O–H groups in total. The third kappa shape index (κ3) is 3.43. The summed E-state index contributed by atoms with van der Waals surface area (Å²) in [7, 11) is 0. The topological polar surface area (TPSA) is 46.2 Å². The zero-order chi connectivity index (χ0) is 13.8. The summed E-state index contributed by atoms with van der Waals surface area (Å²) in [6.07, 6.45) is 4.46. The Hall–Kier alpha value is -1.64. The zero-order valence-electron chi connectivity index (χ0n) is 11.6. The Morgan fingerprint density at radius 1 is 1.11 bits per heavy atom. The maximum Gasteiger partial charge on any atom is 0.292 e. The number of benzene rings is 1. The largest absolute Gasteiger partial charge is 0.346 e. The van der Waals surface area contributed by atoms with Crippen LogP contribution in [0, 0.1) is 12.8 Å². The van der Waals surface area contributed by atoms with Crippen molar-refractivity contribution in [1.82, 2.24) is 5.32 Å². The first-order valence-corrected chi connectivity index (χ1v) is 7.00. The van der Waals surface area contributed by atoms with Crippen molar-refractivity contribution in [2.24, 2.45) is 5.92 Å². The molecular weight excluding hydrogens is 238 g/mol. The lowest BCUT2D eigenvalue weighted by Crippen LogP contribution is -2.44. The molecule has 102 valence electrons.